The Balaban J connectivity index is 2.41. The van der Waals surface area contributed by atoms with Crippen LogP contribution in [-0.4, -0.2) is 23.5 Å². The van der Waals surface area contributed by atoms with Gasteiger partial charge in [-0.05, 0) is 30.3 Å². The van der Waals surface area contributed by atoms with Crippen molar-refractivity contribution in [2.24, 2.45) is 0 Å². The van der Waals surface area contributed by atoms with Gasteiger partial charge >= 0.3 is 0 Å². The number of nitrogens with one attached hydrogen (secondary N) is 1. The molecule has 1 unspecified atom stereocenters. The van der Waals surface area contributed by atoms with E-state index in [-0.39, 0.29) is 15.5 Å². The summed E-state index contributed by atoms with van der Waals surface area (Å²) in [6, 6.07) is 11.4. The van der Waals surface area contributed by atoms with Crippen LogP contribution >= 0.6 is 58.0 Å². The van der Waals surface area contributed by atoms with Crippen LogP contribution in [0, 0.1) is 0 Å². The molecule has 0 heterocycles. The number of carbonyl (C=O) groups excluding carboxylic acids is 1. The molecular formula is C15H10Cl5NO3S. The second-order valence-electron chi connectivity index (χ2n) is 4.88. The van der Waals surface area contributed by atoms with E-state index in [0.29, 0.717) is 5.02 Å². The summed E-state index contributed by atoms with van der Waals surface area (Å²) >= 11 is 29.2. The number of sulfone groups is 1. The van der Waals surface area contributed by atoms with Crippen molar-refractivity contribution >= 4 is 73.7 Å². The van der Waals surface area contributed by atoms with Crippen LogP contribution in [0.2, 0.25) is 10.0 Å². The highest BCUT2D eigenvalue weighted by molar-refractivity contribution is 7.92. The first-order chi connectivity index (χ1) is 11.5. The average molecular weight is 462 g/mol. The Bertz CT molecular complexity index is 882. The van der Waals surface area contributed by atoms with E-state index in [1.807, 2.05) is 0 Å². The monoisotopic (exact) mass is 459 g/mol. The summed E-state index contributed by atoms with van der Waals surface area (Å²) in [6.45, 7) is 0. The number of amides is 1. The SMILES string of the molecule is O=C(NC(C(Cl)(Cl)Cl)S(=O)(=O)c1ccccc1)c1ccc(Cl)cc1Cl. The molecule has 10 heteroatoms. The predicted octanol–water partition coefficient (Wildman–Crippen LogP) is 4.89. The third-order valence-corrected chi connectivity index (χ3v) is 6.73. The molecule has 0 saturated heterocycles. The summed E-state index contributed by atoms with van der Waals surface area (Å²) in [4.78, 5) is 12.3. The lowest BCUT2D eigenvalue weighted by atomic mass is 10.2. The first-order valence-corrected chi connectivity index (χ1v) is 10.1. The topological polar surface area (TPSA) is 63.2 Å². The molecule has 0 aliphatic heterocycles. The zero-order chi connectivity index (χ0) is 18.8. The summed E-state index contributed by atoms with van der Waals surface area (Å²) in [7, 11) is -4.18. The highest BCUT2D eigenvalue weighted by Gasteiger charge is 2.44. The zero-order valence-corrected chi connectivity index (χ0v) is 16.8. The second-order valence-corrected chi connectivity index (χ2v) is 10.1. The van der Waals surface area contributed by atoms with E-state index in [1.54, 1.807) is 6.07 Å². The van der Waals surface area contributed by atoms with Crippen molar-refractivity contribution in [2.45, 2.75) is 14.1 Å². The van der Waals surface area contributed by atoms with Crippen molar-refractivity contribution in [3.8, 4) is 0 Å². The average Bonchev–Trinajstić information content (AvgIpc) is 2.52. The third kappa shape index (κ3) is 4.94. The number of rotatable bonds is 4. The van der Waals surface area contributed by atoms with Crippen molar-refractivity contribution in [1.29, 1.82) is 0 Å². The highest BCUT2D eigenvalue weighted by atomic mass is 35.6. The molecule has 0 aliphatic carbocycles. The normalized spacial score (nSPS) is 13.3. The molecule has 0 saturated carbocycles. The summed E-state index contributed by atoms with van der Waals surface area (Å²) in [6.07, 6.45) is 0. The maximum Gasteiger partial charge on any atom is 0.253 e. The van der Waals surface area contributed by atoms with Gasteiger partial charge < -0.3 is 5.32 Å². The lowest BCUT2D eigenvalue weighted by Gasteiger charge is -2.25. The summed E-state index contributed by atoms with van der Waals surface area (Å²) in [5.41, 5.74) is -0.00595. The molecule has 2 rings (SSSR count). The largest absolute Gasteiger partial charge is 0.332 e. The van der Waals surface area contributed by atoms with Crippen LogP contribution in [0.4, 0.5) is 0 Å². The van der Waals surface area contributed by atoms with Gasteiger partial charge in [0, 0.05) is 5.02 Å². The minimum absolute atomic E-state index is 0.00595. The van der Waals surface area contributed by atoms with Gasteiger partial charge in [-0.2, -0.15) is 0 Å². The van der Waals surface area contributed by atoms with Crippen molar-refractivity contribution in [2.75, 3.05) is 0 Å². The zero-order valence-electron chi connectivity index (χ0n) is 12.2. The van der Waals surface area contributed by atoms with E-state index in [1.165, 1.54) is 42.5 Å². The summed E-state index contributed by atoms with van der Waals surface area (Å²) < 4.78 is 23.2. The molecule has 4 nitrogen and oxygen atoms in total. The van der Waals surface area contributed by atoms with E-state index in [2.05, 4.69) is 5.32 Å². The Hall–Kier alpha value is -0.690. The van der Waals surface area contributed by atoms with Crippen LogP contribution in [-0.2, 0) is 9.84 Å². The molecule has 1 amide bonds. The summed E-state index contributed by atoms with van der Waals surface area (Å²) in [5.74, 6) is -0.822. The van der Waals surface area contributed by atoms with Crippen LogP contribution in [0.15, 0.2) is 53.4 Å². The van der Waals surface area contributed by atoms with Gasteiger partial charge in [0.05, 0.1) is 15.5 Å². The quantitative estimate of drug-likeness (QED) is 0.659. The molecule has 0 aromatic heterocycles. The molecule has 0 radical (unpaired) electrons. The number of halogens is 5. The highest BCUT2D eigenvalue weighted by Crippen LogP contribution is 2.36. The van der Waals surface area contributed by atoms with Gasteiger partial charge in [-0.3, -0.25) is 4.79 Å². The molecule has 134 valence electrons. The Morgan fingerprint density at radius 3 is 2.12 bits per heavy atom. The van der Waals surface area contributed by atoms with Gasteiger partial charge in [0.1, 0.15) is 0 Å². The maximum atomic E-state index is 12.8. The molecule has 0 aliphatic rings. The molecular weight excluding hydrogens is 452 g/mol. The van der Waals surface area contributed by atoms with E-state index in [4.69, 9.17) is 58.0 Å². The fourth-order valence-electron chi connectivity index (χ4n) is 1.95. The van der Waals surface area contributed by atoms with Crippen LogP contribution in [0.1, 0.15) is 10.4 Å². The molecule has 0 fully saturated rings. The van der Waals surface area contributed by atoms with Crippen LogP contribution in [0.5, 0.6) is 0 Å². The Morgan fingerprint density at radius 2 is 1.60 bits per heavy atom. The first kappa shape index (κ1) is 20.6. The molecule has 25 heavy (non-hydrogen) atoms. The Kier molecular flexibility index (Phi) is 6.52. The number of hydrogen-bond acceptors (Lipinski definition) is 3. The van der Waals surface area contributed by atoms with Crippen molar-refractivity contribution < 1.29 is 13.2 Å². The molecule has 2 aromatic rings. The van der Waals surface area contributed by atoms with Gasteiger partial charge in [-0.25, -0.2) is 8.42 Å². The minimum Gasteiger partial charge on any atom is -0.332 e. The molecule has 0 bridgehead atoms. The third-order valence-electron chi connectivity index (χ3n) is 3.12. The number of hydrogen-bond donors (Lipinski definition) is 1. The first-order valence-electron chi connectivity index (χ1n) is 6.65. The Labute approximate surface area is 169 Å². The fraction of sp³-hybridized carbons (Fsp3) is 0.133. The van der Waals surface area contributed by atoms with E-state index in [0.717, 1.165) is 0 Å². The smallest absolute Gasteiger partial charge is 0.253 e. The van der Waals surface area contributed by atoms with Crippen LogP contribution in [0.3, 0.4) is 0 Å². The van der Waals surface area contributed by atoms with Crippen molar-refractivity contribution in [3.05, 3.63) is 64.1 Å². The number of carbonyl (C=O) groups is 1. The lowest BCUT2D eigenvalue weighted by Crippen LogP contribution is -2.49. The standard InChI is InChI=1S/C15H10Cl5NO3S/c16-9-6-7-11(12(17)8-9)13(22)21-14(15(18,19)20)25(23,24)10-4-2-1-3-5-10/h1-8,14H,(H,21,22). The number of alkyl halides is 3. The predicted molar refractivity (Wildman–Crippen MR) is 102 cm³/mol. The minimum atomic E-state index is -4.18. The molecule has 1 N–H and O–H groups in total. The lowest BCUT2D eigenvalue weighted by molar-refractivity contribution is 0.0948. The van der Waals surface area contributed by atoms with Crippen LogP contribution in [0.25, 0.3) is 0 Å². The van der Waals surface area contributed by atoms with Crippen LogP contribution < -0.4 is 5.32 Å². The molecule has 0 spiro atoms. The van der Waals surface area contributed by atoms with Gasteiger partial charge in [0.25, 0.3) is 5.91 Å². The van der Waals surface area contributed by atoms with Crippen molar-refractivity contribution in [3.63, 3.8) is 0 Å². The fourth-order valence-corrected chi connectivity index (χ4v) is 5.09. The maximum absolute atomic E-state index is 12.8. The molecule has 1 atom stereocenters. The molecule has 2 aromatic carbocycles. The Morgan fingerprint density at radius 1 is 1.00 bits per heavy atom. The van der Waals surface area contributed by atoms with E-state index in [9.17, 15) is 13.2 Å². The van der Waals surface area contributed by atoms with Crippen molar-refractivity contribution in [1.82, 2.24) is 5.32 Å². The summed E-state index contributed by atoms with van der Waals surface area (Å²) in [5, 5.41) is 0.744. The van der Waals surface area contributed by atoms with Gasteiger partial charge in [0.15, 0.2) is 5.37 Å². The number of benzene rings is 2. The van der Waals surface area contributed by atoms with Gasteiger partial charge in [-0.1, -0.05) is 76.2 Å². The van der Waals surface area contributed by atoms with E-state index < -0.39 is 24.9 Å². The second kappa shape index (κ2) is 7.91. The van der Waals surface area contributed by atoms with E-state index >= 15 is 0 Å². The van der Waals surface area contributed by atoms with Gasteiger partial charge in [0.2, 0.25) is 13.6 Å². The van der Waals surface area contributed by atoms with Gasteiger partial charge in [-0.15, -0.1) is 0 Å².